The predicted octanol–water partition coefficient (Wildman–Crippen LogP) is 2.86. The summed E-state index contributed by atoms with van der Waals surface area (Å²) in [5, 5.41) is 14.5. The monoisotopic (exact) mass is 318 g/mol. The van der Waals surface area contributed by atoms with Crippen LogP contribution in [0.5, 0.6) is 5.75 Å². The molecule has 118 valence electrons. The Labute approximate surface area is 135 Å². The fraction of sp³-hybridized carbons (Fsp3) is 0.471. The molecule has 0 aliphatic heterocycles. The second-order valence-electron chi connectivity index (χ2n) is 5.85. The quantitative estimate of drug-likeness (QED) is 0.786. The number of rotatable bonds is 8. The van der Waals surface area contributed by atoms with Crippen molar-refractivity contribution in [2.45, 2.75) is 38.3 Å². The van der Waals surface area contributed by atoms with Crippen molar-refractivity contribution in [1.29, 1.82) is 0 Å². The van der Waals surface area contributed by atoms with E-state index in [-0.39, 0.29) is 0 Å². The molecule has 2 N–H and O–H groups in total. The summed E-state index contributed by atoms with van der Waals surface area (Å²) in [7, 11) is 0. The molecule has 1 aliphatic rings. The molecule has 1 aromatic heterocycles. The van der Waals surface area contributed by atoms with Gasteiger partial charge in [0.2, 0.25) is 0 Å². The number of aliphatic hydroxyl groups excluding tert-OH is 1. The number of nitrogens with one attached hydrogen (secondary N) is 1. The number of aromatic nitrogens is 1. The maximum Gasteiger partial charge on any atom is 0.119 e. The molecule has 1 atom stereocenters. The summed E-state index contributed by atoms with van der Waals surface area (Å²) in [4.78, 5) is 5.68. The minimum absolute atomic E-state index is 0.298. The third-order valence-electron chi connectivity index (χ3n) is 3.61. The first-order chi connectivity index (χ1) is 10.7. The normalized spacial score (nSPS) is 15.7. The summed E-state index contributed by atoms with van der Waals surface area (Å²) in [5.74, 6) is 1.52. The smallest absolute Gasteiger partial charge is 0.119 e. The van der Waals surface area contributed by atoms with Crippen molar-refractivity contribution in [3.63, 3.8) is 0 Å². The minimum Gasteiger partial charge on any atom is -0.491 e. The zero-order valence-electron chi connectivity index (χ0n) is 12.8. The van der Waals surface area contributed by atoms with Crippen LogP contribution in [0.3, 0.4) is 0 Å². The first-order valence-corrected chi connectivity index (χ1v) is 8.55. The lowest BCUT2D eigenvalue weighted by Gasteiger charge is -2.13. The van der Waals surface area contributed by atoms with Crippen molar-refractivity contribution >= 4 is 11.3 Å². The SMILES string of the molecule is Cc1cccc(OCC(O)CNCc2cnc(C3CC3)s2)c1. The van der Waals surface area contributed by atoms with Crippen LogP contribution < -0.4 is 10.1 Å². The first kappa shape index (κ1) is 15.5. The van der Waals surface area contributed by atoms with E-state index in [0.29, 0.717) is 19.1 Å². The van der Waals surface area contributed by atoms with Gasteiger partial charge < -0.3 is 15.2 Å². The average Bonchev–Trinajstić information content (AvgIpc) is 3.25. The van der Waals surface area contributed by atoms with Gasteiger partial charge in [0.25, 0.3) is 0 Å². The maximum atomic E-state index is 9.96. The molecule has 5 heteroatoms. The van der Waals surface area contributed by atoms with Crippen LogP contribution in [-0.2, 0) is 6.54 Å². The number of hydrogen-bond donors (Lipinski definition) is 2. The Hall–Kier alpha value is -1.43. The summed E-state index contributed by atoms with van der Waals surface area (Å²) in [6, 6.07) is 7.85. The highest BCUT2D eigenvalue weighted by Gasteiger charge is 2.26. The molecule has 0 radical (unpaired) electrons. The van der Waals surface area contributed by atoms with Gasteiger partial charge in [0.1, 0.15) is 18.5 Å². The number of thiazole rings is 1. The van der Waals surface area contributed by atoms with Gasteiger partial charge in [-0.3, -0.25) is 0 Å². The number of aliphatic hydroxyl groups is 1. The topological polar surface area (TPSA) is 54.4 Å². The van der Waals surface area contributed by atoms with Gasteiger partial charge in [-0.15, -0.1) is 11.3 Å². The molecular weight excluding hydrogens is 296 g/mol. The highest BCUT2D eigenvalue weighted by atomic mass is 32.1. The Morgan fingerprint density at radius 2 is 2.32 bits per heavy atom. The first-order valence-electron chi connectivity index (χ1n) is 7.73. The predicted molar refractivity (Wildman–Crippen MR) is 88.5 cm³/mol. The van der Waals surface area contributed by atoms with E-state index in [9.17, 15) is 5.11 Å². The van der Waals surface area contributed by atoms with Crippen LogP contribution in [0.2, 0.25) is 0 Å². The van der Waals surface area contributed by atoms with Gasteiger partial charge in [-0.1, -0.05) is 12.1 Å². The van der Waals surface area contributed by atoms with E-state index in [4.69, 9.17) is 4.74 Å². The number of benzene rings is 1. The van der Waals surface area contributed by atoms with Crippen molar-refractivity contribution in [1.82, 2.24) is 10.3 Å². The average molecular weight is 318 g/mol. The van der Waals surface area contributed by atoms with Gasteiger partial charge in [0.05, 0.1) is 5.01 Å². The highest BCUT2D eigenvalue weighted by molar-refractivity contribution is 7.11. The van der Waals surface area contributed by atoms with E-state index in [1.807, 2.05) is 37.4 Å². The van der Waals surface area contributed by atoms with Crippen molar-refractivity contribution in [2.75, 3.05) is 13.2 Å². The molecular formula is C17H22N2O2S. The van der Waals surface area contributed by atoms with Crippen LogP contribution >= 0.6 is 11.3 Å². The Morgan fingerprint density at radius 1 is 1.45 bits per heavy atom. The van der Waals surface area contributed by atoms with Gasteiger partial charge in [0.15, 0.2) is 0 Å². The van der Waals surface area contributed by atoms with E-state index < -0.39 is 6.10 Å². The van der Waals surface area contributed by atoms with Crippen LogP contribution in [0, 0.1) is 6.92 Å². The molecule has 1 saturated carbocycles. The summed E-state index contributed by atoms with van der Waals surface area (Å²) in [5.41, 5.74) is 1.15. The molecule has 1 aliphatic carbocycles. The lowest BCUT2D eigenvalue weighted by atomic mass is 10.2. The molecule has 0 amide bonds. The molecule has 1 unspecified atom stereocenters. The molecule has 2 aromatic rings. The Kier molecular flexibility index (Phi) is 5.08. The number of aryl methyl sites for hydroxylation is 1. The summed E-state index contributed by atoms with van der Waals surface area (Å²) >= 11 is 1.78. The largest absolute Gasteiger partial charge is 0.491 e. The van der Waals surface area contributed by atoms with Gasteiger partial charge in [-0.05, 0) is 37.5 Å². The van der Waals surface area contributed by atoms with Crippen LogP contribution in [0.4, 0.5) is 0 Å². The number of hydrogen-bond acceptors (Lipinski definition) is 5. The molecule has 4 nitrogen and oxygen atoms in total. The van der Waals surface area contributed by atoms with Crippen molar-refractivity contribution in [3.05, 3.63) is 45.9 Å². The standard InChI is InChI=1S/C17H22N2O2S/c1-12-3-2-4-15(7-12)21-11-14(20)8-18-9-16-10-19-17(22-16)13-5-6-13/h2-4,7,10,13-14,18,20H,5-6,8-9,11H2,1H3. The van der Waals surface area contributed by atoms with Gasteiger partial charge in [0, 0.05) is 30.1 Å². The summed E-state index contributed by atoms with van der Waals surface area (Å²) in [6.45, 7) is 3.59. The van der Waals surface area contributed by atoms with Crippen molar-refractivity contribution < 1.29 is 9.84 Å². The van der Waals surface area contributed by atoms with E-state index in [2.05, 4.69) is 10.3 Å². The third kappa shape index (κ3) is 4.53. The minimum atomic E-state index is -0.517. The Morgan fingerprint density at radius 3 is 3.09 bits per heavy atom. The zero-order valence-corrected chi connectivity index (χ0v) is 13.6. The third-order valence-corrected chi connectivity index (χ3v) is 4.77. The lowest BCUT2D eigenvalue weighted by Crippen LogP contribution is -2.31. The second-order valence-corrected chi connectivity index (χ2v) is 7.00. The fourth-order valence-electron chi connectivity index (χ4n) is 2.24. The summed E-state index contributed by atoms with van der Waals surface area (Å²) in [6.07, 6.45) is 4.00. The van der Waals surface area contributed by atoms with E-state index >= 15 is 0 Å². The molecule has 0 saturated heterocycles. The van der Waals surface area contributed by atoms with E-state index in [0.717, 1.165) is 17.9 Å². The Balaban J connectivity index is 1.35. The molecule has 0 bridgehead atoms. The van der Waals surface area contributed by atoms with Gasteiger partial charge >= 0.3 is 0 Å². The van der Waals surface area contributed by atoms with Crippen LogP contribution in [-0.4, -0.2) is 29.3 Å². The van der Waals surface area contributed by atoms with Gasteiger partial charge in [-0.2, -0.15) is 0 Å². The second kappa shape index (κ2) is 7.22. The molecule has 3 rings (SSSR count). The zero-order chi connectivity index (χ0) is 15.4. The summed E-state index contributed by atoms with van der Waals surface area (Å²) < 4.78 is 5.60. The van der Waals surface area contributed by atoms with Crippen LogP contribution in [0.15, 0.2) is 30.5 Å². The fourth-order valence-corrected chi connectivity index (χ4v) is 3.30. The maximum absolute atomic E-state index is 9.96. The van der Waals surface area contributed by atoms with Crippen molar-refractivity contribution in [2.24, 2.45) is 0 Å². The number of ether oxygens (including phenoxy) is 1. The Bertz CT molecular complexity index is 610. The van der Waals surface area contributed by atoms with Crippen molar-refractivity contribution in [3.8, 4) is 5.75 Å². The lowest BCUT2D eigenvalue weighted by molar-refractivity contribution is 0.106. The molecule has 1 aromatic carbocycles. The molecule has 22 heavy (non-hydrogen) atoms. The molecule has 0 spiro atoms. The highest BCUT2D eigenvalue weighted by Crippen LogP contribution is 2.41. The van der Waals surface area contributed by atoms with Crippen LogP contribution in [0.1, 0.15) is 34.2 Å². The molecule has 1 fully saturated rings. The van der Waals surface area contributed by atoms with Crippen LogP contribution in [0.25, 0.3) is 0 Å². The van der Waals surface area contributed by atoms with Gasteiger partial charge in [-0.25, -0.2) is 4.98 Å². The van der Waals surface area contributed by atoms with E-state index in [1.165, 1.54) is 22.7 Å². The number of nitrogens with zero attached hydrogens (tertiary/aromatic N) is 1. The van der Waals surface area contributed by atoms with E-state index in [1.54, 1.807) is 11.3 Å². The molecule has 1 heterocycles.